The van der Waals surface area contributed by atoms with Crippen molar-refractivity contribution in [2.45, 2.75) is 26.5 Å². The molecule has 27 heavy (non-hydrogen) atoms. The summed E-state index contributed by atoms with van der Waals surface area (Å²) < 4.78 is 38.8. The fourth-order valence-corrected chi connectivity index (χ4v) is 2.41. The van der Waals surface area contributed by atoms with Gasteiger partial charge < -0.3 is 24.8 Å². The lowest BCUT2D eigenvalue weighted by Gasteiger charge is -2.26. The summed E-state index contributed by atoms with van der Waals surface area (Å²) in [7, 11) is 0. The number of urea groups is 1. The number of nitrogens with one attached hydrogen (secondary N) is 2. The summed E-state index contributed by atoms with van der Waals surface area (Å²) in [6.07, 6.45) is 0. The van der Waals surface area contributed by atoms with Crippen LogP contribution < -0.4 is 15.4 Å². The molecule has 0 fully saturated rings. The zero-order valence-electron chi connectivity index (χ0n) is 14.6. The number of carbonyl (C=O) groups excluding carboxylic acids is 3. The van der Waals surface area contributed by atoms with Crippen molar-refractivity contribution in [3.63, 3.8) is 0 Å². The van der Waals surface area contributed by atoms with Crippen LogP contribution in [-0.4, -0.2) is 43.8 Å². The molecule has 0 aromatic heterocycles. The van der Waals surface area contributed by atoms with Gasteiger partial charge in [-0.25, -0.2) is 14.4 Å². The van der Waals surface area contributed by atoms with Crippen molar-refractivity contribution < 1.29 is 37.4 Å². The molecule has 2 rings (SSSR count). The molecule has 1 aromatic carbocycles. The molecule has 0 spiro atoms. The Morgan fingerprint density at radius 1 is 1.22 bits per heavy atom. The second kappa shape index (κ2) is 8.97. The summed E-state index contributed by atoms with van der Waals surface area (Å²) in [6.45, 7) is -0.0955. The van der Waals surface area contributed by atoms with E-state index in [1.54, 1.807) is 13.8 Å². The molecule has 1 aliphatic heterocycles. The van der Waals surface area contributed by atoms with E-state index < -0.39 is 37.2 Å². The fourth-order valence-electron chi connectivity index (χ4n) is 2.41. The van der Waals surface area contributed by atoms with Crippen LogP contribution in [0.3, 0.4) is 0 Å². The van der Waals surface area contributed by atoms with Crippen molar-refractivity contribution in [2.75, 3.05) is 13.2 Å². The first-order chi connectivity index (χ1) is 12.8. The summed E-state index contributed by atoms with van der Waals surface area (Å²) in [4.78, 5) is 35.9. The molecule has 0 saturated heterocycles. The molecule has 1 aliphatic rings. The molecule has 0 radical (unpaired) electrons. The van der Waals surface area contributed by atoms with Crippen molar-refractivity contribution in [3.8, 4) is 5.75 Å². The SMILES string of the molecule is CCOC(=O)C1=C(COC(=O)c2cccc(OC(F)F)c2)NC(=O)NC1C. The van der Waals surface area contributed by atoms with Gasteiger partial charge in [0.15, 0.2) is 0 Å². The average molecular weight is 384 g/mol. The van der Waals surface area contributed by atoms with Crippen LogP contribution in [0.25, 0.3) is 0 Å². The molecule has 146 valence electrons. The lowest BCUT2D eigenvalue weighted by molar-refractivity contribution is -0.139. The maximum atomic E-state index is 12.3. The summed E-state index contributed by atoms with van der Waals surface area (Å²) >= 11 is 0. The number of amides is 2. The molecular weight excluding hydrogens is 366 g/mol. The molecule has 10 heteroatoms. The van der Waals surface area contributed by atoms with Crippen molar-refractivity contribution in [1.82, 2.24) is 10.6 Å². The zero-order valence-corrected chi connectivity index (χ0v) is 14.6. The van der Waals surface area contributed by atoms with E-state index in [1.165, 1.54) is 18.2 Å². The van der Waals surface area contributed by atoms with Gasteiger partial charge in [-0.05, 0) is 32.0 Å². The van der Waals surface area contributed by atoms with Crippen LogP contribution in [0.4, 0.5) is 13.6 Å². The van der Waals surface area contributed by atoms with Gasteiger partial charge in [-0.15, -0.1) is 0 Å². The number of ether oxygens (including phenoxy) is 3. The molecule has 1 aromatic rings. The largest absolute Gasteiger partial charge is 0.463 e. The molecule has 8 nitrogen and oxygen atoms in total. The van der Waals surface area contributed by atoms with Crippen LogP contribution in [0.15, 0.2) is 35.5 Å². The van der Waals surface area contributed by atoms with Crippen LogP contribution in [0.5, 0.6) is 5.75 Å². The molecule has 2 amide bonds. The first-order valence-electron chi connectivity index (χ1n) is 8.01. The first-order valence-corrected chi connectivity index (χ1v) is 8.01. The Balaban J connectivity index is 2.14. The lowest BCUT2D eigenvalue weighted by atomic mass is 10.0. The molecule has 1 atom stereocenters. The molecule has 0 bridgehead atoms. The van der Waals surface area contributed by atoms with E-state index in [-0.39, 0.29) is 29.2 Å². The third-order valence-electron chi connectivity index (χ3n) is 3.51. The third-order valence-corrected chi connectivity index (χ3v) is 3.51. The third kappa shape index (κ3) is 5.40. The van der Waals surface area contributed by atoms with E-state index in [0.717, 1.165) is 6.07 Å². The van der Waals surface area contributed by atoms with Crippen molar-refractivity contribution in [2.24, 2.45) is 0 Å². The van der Waals surface area contributed by atoms with Crippen molar-refractivity contribution in [1.29, 1.82) is 0 Å². The zero-order chi connectivity index (χ0) is 20.0. The number of hydrogen-bond donors (Lipinski definition) is 2. The maximum absolute atomic E-state index is 12.3. The monoisotopic (exact) mass is 384 g/mol. The molecule has 1 unspecified atom stereocenters. The summed E-state index contributed by atoms with van der Waals surface area (Å²) in [5, 5.41) is 4.91. The first kappa shape index (κ1) is 20.1. The smallest absolute Gasteiger partial charge is 0.387 e. The Morgan fingerprint density at radius 3 is 2.63 bits per heavy atom. The lowest BCUT2D eigenvalue weighted by Crippen LogP contribution is -2.50. The Labute approximate surface area is 153 Å². The Bertz CT molecular complexity index is 766. The van der Waals surface area contributed by atoms with Gasteiger partial charge >= 0.3 is 24.6 Å². The molecular formula is C17H18F2N2O6. The number of alkyl halides is 2. The number of hydrogen-bond acceptors (Lipinski definition) is 6. The van der Waals surface area contributed by atoms with Gasteiger partial charge in [0, 0.05) is 0 Å². The summed E-state index contributed by atoms with van der Waals surface area (Å²) in [5.74, 6) is -1.70. The molecule has 0 aliphatic carbocycles. The second-order valence-corrected chi connectivity index (χ2v) is 5.42. The van der Waals surface area contributed by atoms with Gasteiger partial charge in [-0.2, -0.15) is 8.78 Å². The number of esters is 2. The number of benzene rings is 1. The fraction of sp³-hybridized carbons (Fsp3) is 0.353. The standard InChI is InChI=1S/C17H18F2N2O6/c1-3-25-15(23)13-9(2)20-17(24)21-12(13)8-26-14(22)10-5-4-6-11(7-10)27-16(18)19/h4-7,9,16H,3,8H2,1-2H3,(H2,20,21,24). The highest BCUT2D eigenvalue weighted by atomic mass is 19.3. The van der Waals surface area contributed by atoms with Crippen LogP contribution in [0.2, 0.25) is 0 Å². The summed E-state index contributed by atoms with van der Waals surface area (Å²) in [5.41, 5.74) is 0.178. The number of rotatable bonds is 7. The normalized spacial score (nSPS) is 16.5. The van der Waals surface area contributed by atoms with E-state index in [1.807, 2.05) is 0 Å². The predicted molar refractivity (Wildman–Crippen MR) is 88.1 cm³/mol. The van der Waals surface area contributed by atoms with Gasteiger partial charge in [0.25, 0.3) is 0 Å². The highest BCUT2D eigenvalue weighted by molar-refractivity contribution is 5.95. The van der Waals surface area contributed by atoms with Crippen LogP contribution in [0.1, 0.15) is 24.2 Å². The highest BCUT2D eigenvalue weighted by Crippen LogP contribution is 2.18. The average Bonchev–Trinajstić information content (AvgIpc) is 2.58. The van der Waals surface area contributed by atoms with Gasteiger partial charge in [0.05, 0.1) is 29.5 Å². The second-order valence-electron chi connectivity index (χ2n) is 5.42. The molecule has 2 N–H and O–H groups in total. The Morgan fingerprint density at radius 2 is 1.96 bits per heavy atom. The van der Waals surface area contributed by atoms with Crippen molar-refractivity contribution >= 4 is 18.0 Å². The number of halogens is 2. The van der Waals surface area contributed by atoms with E-state index >= 15 is 0 Å². The van der Waals surface area contributed by atoms with Crippen molar-refractivity contribution in [3.05, 3.63) is 41.1 Å². The molecule has 1 heterocycles. The Kier molecular flexibility index (Phi) is 6.69. The number of carbonyl (C=O) groups is 3. The minimum atomic E-state index is -3.03. The van der Waals surface area contributed by atoms with Gasteiger partial charge in [-0.3, -0.25) is 0 Å². The topological polar surface area (TPSA) is 103 Å². The van der Waals surface area contributed by atoms with Gasteiger partial charge in [0.2, 0.25) is 0 Å². The van der Waals surface area contributed by atoms with E-state index in [2.05, 4.69) is 15.4 Å². The van der Waals surface area contributed by atoms with Gasteiger partial charge in [-0.1, -0.05) is 6.07 Å². The van der Waals surface area contributed by atoms with Crippen LogP contribution >= 0.6 is 0 Å². The Hall–Kier alpha value is -3.17. The van der Waals surface area contributed by atoms with E-state index in [4.69, 9.17) is 9.47 Å². The minimum Gasteiger partial charge on any atom is -0.463 e. The van der Waals surface area contributed by atoms with Gasteiger partial charge in [0.1, 0.15) is 12.4 Å². The molecule has 0 saturated carbocycles. The summed E-state index contributed by atoms with van der Waals surface area (Å²) in [6, 6.07) is 3.86. The van der Waals surface area contributed by atoms with E-state index in [0.29, 0.717) is 0 Å². The maximum Gasteiger partial charge on any atom is 0.387 e. The quantitative estimate of drug-likeness (QED) is 0.697. The van der Waals surface area contributed by atoms with Crippen LogP contribution in [-0.2, 0) is 14.3 Å². The predicted octanol–water partition coefficient (Wildman–Crippen LogP) is 1.96. The highest BCUT2D eigenvalue weighted by Gasteiger charge is 2.30. The minimum absolute atomic E-state index is 0.0280. The van der Waals surface area contributed by atoms with Crippen LogP contribution in [0, 0.1) is 0 Å². The van der Waals surface area contributed by atoms with E-state index in [9.17, 15) is 23.2 Å².